The molecule has 0 amide bonds. The Balaban J connectivity index is 2.45. The highest BCUT2D eigenvalue weighted by Gasteiger charge is 2.27. The van der Waals surface area contributed by atoms with Crippen molar-refractivity contribution in [1.82, 2.24) is 0 Å². The molecule has 0 aromatic carbocycles. The third-order valence-corrected chi connectivity index (χ3v) is 3.17. The lowest BCUT2D eigenvalue weighted by Crippen LogP contribution is -2.23. The minimum Gasteiger partial charge on any atom is -0.0819 e. The Morgan fingerprint density at radius 3 is 2.15 bits per heavy atom. The van der Waals surface area contributed by atoms with Crippen molar-refractivity contribution in [2.24, 2.45) is 23.7 Å². The molecule has 1 aliphatic rings. The monoisotopic (exact) mass is 180 g/mol. The van der Waals surface area contributed by atoms with Crippen molar-refractivity contribution in [3.05, 3.63) is 11.6 Å². The molecular formula is C13H24. The zero-order chi connectivity index (χ0) is 10.0. The lowest BCUT2D eigenvalue weighted by Gasteiger charge is -2.35. The second-order valence-electron chi connectivity index (χ2n) is 5.31. The largest absolute Gasteiger partial charge is 0.0819 e. The Labute approximate surface area is 83.4 Å². The van der Waals surface area contributed by atoms with Crippen LogP contribution < -0.4 is 0 Å². The van der Waals surface area contributed by atoms with Crippen molar-refractivity contribution >= 4 is 0 Å². The Hall–Kier alpha value is -0.260. The van der Waals surface area contributed by atoms with Gasteiger partial charge in [-0.1, -0.05) is 46.3 Å². The molecule has 0 radical (unpaired) electrons. The fourth-order valence-corrected chi connectivity index (χ4v) is 2.60. The highest BCUT2D eigenvalue weighted by Crippen LogP contribution is 2.40. The summed E-state index contributed by atoms with van der Waals surface area (Å²) in [6, 6.07) is 0. The molecule has 76 valence electrons. The minimum atomic E-state index is 0.778. The van der Waals surface area contributed by atoms with Gasteiger partial charge in [-0.05, 0) is 36.5 Å². The molecule has 13 heavy (non-hydrogen) atoms. The maximum Gasteiger partial charge on any atom is -0.0223 e. The molecule has 1 aliphatic carbocycles. The zero-order valence-electron chi connectivity index (χ0n) is 9.80. The van der Waals surface area contributed by atoms with Crippen LogP contribution in [0.2, 0.25) is 0 Å². The average Bonchev–Trinajstić information content (AvgIpc) is 2.00. The molecule has 0 saturated heterocycles. The van der Waals surface area contributed by atoms with E-state index in [4.69, 9.17) is 0 Å². The van der Waals surface area contributed by atoms with E-state index in [1.54, 1.807) is 5.57 Å². The fraction of sp³-hybridized carbons (Fsp3) is 0.846. The summed E-state index contributed by atoms with van der Waals surface area (Å²) in [6.07, 6.45) is 5.27. The summed E-state index contributed by atoms with van der Waals surface area (Å²) >= 11 is 0. The van der Waals surface area contributed by atoms with E-state index in [-0.39, 0.29) is 0 Å². The van der Waals surface area contributed by atoms with Gasteiger partial charge in [-0.3, -0.25) is 0 Å². The quantitative estimate of drug-likeness (QED) is 0.569. The van der Waals surface area contributed by atoms with Crippen LogP contribution in [0.3, 0.4) is 0 Å². The predicted molar refractivity (Wildman–Crippen MR) is 59.6 cm³/mol. The summed E-state index contributed by atoms with van der Waals surface area (Å²) in [4.78, 5) is 0. The summed E-state index contributed by atoms with van der Waals surface area (Å²) in [5.74, 6) is 3.34. The van der Waals surface area contributed by atoms with Gasteiger partial charge < -0.3 is 0 Å². The van der Waals surface area contributed by atoms with Crippen LogP contribution in [0.5, 0.6) is 0 Å². The Morgan fingerprint density at radius 2 is 1.77 bits per heavy atom. The molecule has 0 nitrogen and oxygen atoms in total. The second-order valence-corrected chi connectivity index (χ2v) is 5.31. The van der Waals surface area contributed by atoms with Gasteiger partial charge in [-0.15, -0.1) is 0 Å². The van der Waals surface area contributed by atoms with Crippen LogP contribution in [0.4, 0.5) is 0 Å². The van der Waals surface area contributed by atoms with E-state index >= 15 is 0 Å². The summed E-state index contributed by atoms with van der Waals surface area (Å²) < 4.78 is 0. The van der Waals surface area contributed by atoms with Crippen LogP contribution in [-0.4, -0.2) is 0 Å². The van der Waals surface area contributed by atoms with Gasteiger partial charge in [0.15, 0.2) is 0 Å². The van der Waals surface area contributed by atoms with Crippen LogP contribution in [0.1, 0.15) is 47.5 Å². The van der Waals surface area contributed by atoms with E-state index in [9.17, 15) is 0 Å². The molecule has 0 N–H and O–H groups in total. The van der Waals surface area contributed by atoms with E-state index in [1.807, 2.05) is 0 Å². The van der Waals surface area contributed by atoms with Crippen molar-refractivity contribution in [3.63, 3.8) is 0 Å². The topological polar surface area (TPSA) is 0 Å². The van der Waals surface area contributed by atoms with Crippen molar-refractivity contribution in [3.8, 4) is 0 Å². The smallest absolute Gasteiger partial charge is 0.0223 e. The number of allylic oxidation sites excluding steroid dienone is 2. The van der Waals surface area contributed by atoms with Crippen LogP contribution in [0.15, 0.2) is 11.6 Å². The van der Waals surface area contributed by atoms with E-state index in [2.05, 4.69) is 40.7 Å². The maximum atomic E-state index is 2.53. The first kappa shape index (κ1) is 10.8. The zero-order valence-corrected chi connectivity index (χ0v) is 9.80. The molecule has 3 unspecified atom stereocenters. The van der Waals surface area contributed by atoms with Crippen molar-refractivity contribution in [2.45, 2.75) is 47.5 Å². The molecule has 0 aliphatic heterocycles. The number of rotatable bonds is 3. The highest BCUT2D eigenvalue weighted by atomic mass is 14.3. The summed E-state index contributed by atoms with van der Waals surface area (Å²) in [6.45, 7) is 11.7. The molecule has 1 saturated carbocycles. The first-order valence-electron chi connectivity index (χ1n) is 5.72. The van der Waals surface area contributed by atoms with E-state index < -0.39 is 0 Å². The van der Waals surface area contributed by atoms with Gasteiger partial charge in [-0.2, -0.15) is 0 Å². The highest BCUT2D eigenvalue weighted by molar-refractivity contribution is 5.18. The SMILES string of the molecule is CC(C)CC(C)C=C1C(C)CC1C. The fourth-order valence-electron chi connectivity index (χ4n) is 2.60. The van der Waals surface area contributed by atoms with Crippen LogP contribution in [-0.2, 0) is 0 Å². The molecule has 0 aromatic rings. The molecule has 3 atom stereocenters. The normalized spacial score (nSPS) is 30.2. The van der Waals surface area contributed by atoms with Crippen LogP contribution in [0, 0.1) is 23.7 Å². The summed E-state index contributed by atoms with van der Waals surface area (Å²) in [7, 11) is 0. The molecule has 0 bridgehead atoms. The number of hydrogen-bond donors (Lipinski definition) is 0. The van der Waals surface area contributed by atoms with Crippen molar-refractivity contribution < 1.29 is 0 Å². The molecular weight excluding hydrogens is 156 g/mol. The van der Waals surface area contributed by atoms with Crippen LogP contribution >= 0.6 is 0 Å². The molecule has 0 heterocycles. The standard InChI is InChI=1S/C13H24/c1-9(2)6-10(3)7-13-11(4)8-12(13)5/h7,9-12H,6,8H2,1-5H3. The molecule has 0 aromatic heterocycles. The van der Waals surface area contributed by atoms with Gasteiger partial charge >= 0.3 is 0 Å². The maximum absolute atomic E-state index is 2.53. The second kappa shape index (κ2) is 4.30. The van der Waals surface area contributed by atoms with Gasteiger partial charge in [0, 0.05) is 0 Å². The third-order valence-electron chi connectivity index (χ3n) is 3.17. The van der Waals surface area contributed by atoms with Gasteiger partial charge in [0.05, 0.1) is 0 Å². The number of hydrogen-bond acceptors (Lipinski definition) is 0. The summed E-state index contributed by atoms with van der Waals surface area (Å²) in [5.41, 5.74) is 1.72. The minimum absolute atomic E-state index is 0.778. The third kappa shape index (κ3) is 2.86. The Bertz CT molecular complexity index is 178. The first-order chi connectivity index (χ1) is 6.00. The van der Waals surface area contributed by atoms with Crippen molar-refractivity contribution in [2.75, 3.05) is 0 Å². The van der Waals surface area contributed by atoms with Gasteiger partial charge in [-0.25, -0.2) is 0 Å². The van der Waals surface area contributed by atoms with Gasteiger partial charge in [0.1, 0.15) is 0 Å². The lowest BCUT2D eigenvalue weighted by atomic mass is 9.70. The lowest BCUT2D eigenvalue weighted by molar-refractivity contribution is 0.352. The van der Waals surface area contributed by atoms with Crippen molar-refractivity contribution in [1.29, 1.82) is 0 Å². The van der Waals surface area contributed by atoms with Gasteiger partial charge in [0.25, 0.3) is 0 Å². The molecule has 1 fully saturated rings. The predicted octanol–water partition coefficient (Wildman–Crippen LogP) is 4.27. The summed E-state index contributed by atoms with van der Waals surface area (Å²) in [5, 5.41) is 0. The Morgan fingerprint density at radius 1 is 1.23 bits per heavy atom. The molecule has 0 heteroatoms. The van der Waals surface area contributed by atoms with E-state index in [1.165, 1.54) is 12.8 Å². The first-order valence-corrected chi connectivity index (χ1v) is 5.72. The van der Waals surface area contributed by atoms with Gasteiger partial charge in [0.2, 0.25) is 0 Å². The van der Waals surface area contributed by atoms with E-state index in [0.717, 1.165) is 23.7 Å². The van der Waals surface area contributed by atoms with Crippen LogP contribution in [0.25, 0.3) is 0 Å². The Kier molecular flexibility index (Phi) is 3.58. The average molecular weight is 180 g/mol. The molecule has 1 rings (SSSR count). The van der Waals surface area contributed by atoms with E-state index in [0.29, 0.717) is 0 Å². The molecule has 0 spiro atoms.